The lowest BCUT2D eigenvalue weighted by atomic mass is 10.0. The summed E-state index contributed by atoms with van der Waals surface area (Å²) in [5.74, 6) is 0. The van der Waals surface area contributed by atoms with Crippen LogP contribution >= 0.6 is 0 Å². The maximum absolute atomic E-state index is 4.55. The van der Waals surface area contributed by atoms with Crippen molar-refractivity contribution in [3.8, 4) is 0 Å². The number of hydrogen-bond acceptors (Lipinski definition) is 2. The predicted molar refractivity (Wildman–Crippen MR) is 96.8 cm³/mol. The van der Waals surface area contributed by atoms with Gasteiger partial charge in [0.05, 0.1) is 11.4 Å². The zero-order chi connectivity index (χ0) is 16.1. The van der Waals surface area contributed by atoms with E-state index in [0.717, 1.165) is 24.2 Å². The number of hydrogen-bond donors (Lipinski definition) is 0. The van der Waals surface area contributed by atoms with Gasteiger partial charge in [0.25, 0.3) is 0 Å². The van der Waals surface area contributed by atoms with Crippen LogP contribution in [0.25, 0.3) is 10.8 Å². The van der Waals surface area contributed by atoms with Gasteiger partial charge in [-0.15, -0.1) is 0 Å². The molecule has 0 saturated heterocycles. The van der Waals surface area contributed by atoms with Gasteiger partial charge in [-0.05, 0) is 25.3 Å². The van der Waals surface area contributed by atoms with Crippen LogP contribution in [0.3, 0.4) is 0 Å². The van der Waals surface area contributed by atoms with Gasteiger partial charge >= 0.3 is 0 Å². The molecule has 0 unspecified atom stereocenters. The van der Waals surface area contributed by atoms with Crippen molar-refractivity contribution < 1.29 is 0 Å². The quantitative estimate of drug-likeness (QED) is 0.580. The Hall–Kier alpha value is -2.22. The average molecular weight is 304 g/mol. The highest BCUT2D eigenvalue weighted by Crippen LogP contribution is 2.23. The fraction of sp³-hybridized carbons (Fsp3) is 0.333. The van der Waals surface area contributed by atoms with Crippen molar-refractivity contribution in [3.05, 3.63) is 71.0 Å². The summed E-state index contributed by atoms with van der Waals surface area (Å²) < 4.78 is 0. The first-order valence-corrected chi connectivity index (χ1v) is 8.56. The molecule has 0 aliphatic rings. The summed E-state index contributed by atoms with van der Waals surface area (Å²) in [5.41, 5.74) is 4.79. The van der Waals surface area contributed by atoms with Crippen molar-refractivity contribution in [2.45, 2.75) is 46.0 Å². The zero-order valence-electron chi connectivity index (χ0n) is 14.0. The van der Waals surface area contributed by atoms with Gasteiger partial charge in [-0.1, -0.05) is 73.9 Å². The molecule has 3 rings (SSSR count). The molecule has 0 saturated carbocycles. The Morgan fingerprint density at radius 2 is 1.43 bits per heavy atom. The summed E-state index contributed by atoms with van der Waals surface area (Å²) in [6.45, 7) is 4.35. The Kier molecular flexibility index (Phi) is 5.02. The largest absolute Gasteiger partial charge is 0.155 e. The summed E-state index contributed by atoms with van der Waals surface area (Å²) in [4.78, 5) is 0. The molecule has 0 aliphatic carbocycles. The Morgan fingerprint density at radius 1 is 0.783 bits per heavy atom. The molecule has 1 aromatic heterocycles. The molecule has 3 aromatic rings. The third-order valence-corrected chi connectivity index (χ3v) is 4.35. The highest BCUT2D eigenvalue weighted by Gasteiger charge is 2.09. The van der Waals surface area contributed by atoms with Crippen molar-refractivity contribution in [1.29, 1.82) is 0 Å². The van der Waals surface area contributed by atoms with E-state index in [-0.39, 0.29) is 0 Å². The van der Waals surface area contributed by atoms with Crippen molar-refractivity contribution in [1.82, 2.24) is 10.2 Å². The Morgan fingerprint density at radius 3 is 2.13 bits per heavy atom. The molecular weight excluding hydrogens is 280 g/mol. The van der Waals surface area contributed by atoms with E-state index in [1.54, 1.807) is 0 Å². The molecule has 0 spiro atoms. The minimum Gasteiger partial charge on any atom is -0.155 e. The molecule has 2 aromatic carbocycles. The van der Waals surface area contributed by atoms with Gasteiger partial charge in [0.2, 0.25) is 0 Å². The topological polar surface area (TPSA) is 25.8 Å². The van der Waals surface area contributed by atoms with Gasteiger partial charge in [0, 0.05) is 17.2 Å². The SMILES string of the molecule is CCCCCc1nnc(Cc2ccc(C)cc2)c2ccccc12. The fourth-order valence-electron chi connectivity index (χ4n) is 2.97. The molecule has 2 heteroatoms. The molecule has 118 valence electrons. The van der Waals surface area contributed by atoms with Gasteiger partial charge in [-0.2, -0.15) is 10.2 Å². The van der Waals surface area contributed by atoms with E-state index in [4.69, 9.17) is 0 Å². The van der Waals surface area contributed by atoms with Gasteiger partial charge in [0.1, 0.15) is 0 Å². The molecule has 0 atom stereocenters. The fourth-order valence-corrected chi connectivity index (χ4v) is 2.97. The molecule has 0 N–H and O–H groups in total. The summed E-state index contributed by atoms with van der Waals surface area (Å²) in [6.07, 6.45) is 5.53. The standard InChI is InChI=1S/C21H24N2/c1-3-4-5-10-20-18-8-6-7-9-19(18)21(23-22-20)15-17-13-11-16(2)12-14-17/h6-9,11-14H,3-5,10,15H2,1-2H3. The number of aryl methyl sites for hydroxylation is 2. The Labute approximate surface area is 138 Å². The highest BCUT2D eigenvalue weighted by atomic mass is 15.1. The van der Waals surface area contributed by atoms with Crippen LogP contribution in [0.1, 0.15) is 48.7 Å². The van der Waals surface area contributed by atoms with Gasteiger partial charge < -0.3 is 0 Å². The summed E-state index contributed by atoms with van der Waals surface area (Å²) in [7, 11) is 0. The lowest BCUT2D eigenvalue weighted by Crippen LogP contribution is -2.02. The molecule has 0 radical (unpaired) electrons. The van der Waals surface area contributed by atoms with Gasteiger partial charge in [-0.3, -0.25) is 0 Å². The number of rotatable bonds is 6. The smallest absolute Gasteiger partial charge is 0.0753 e. The van der Waals surface area contributed by atoms with Gasteiger partial charge in [-0.25, -0.2) is 0 Å². The zero-order valence-corrected chi connectivity index (χ0v) is 14.0. The lowest BCUT2D eigenvalue weighted by Gasteiger charge is -2.09. The molecular formula is C21H24N2. The second kappa shape index (κ2) is 7.36. The highest BCUT2D eigenvalue weighted by molar-refractivity contribution is 5.86. The molecule has 0 aliphatic heterocycles. The first-order valence-electron chi connectivity index (χ1n) is 8.56. The van der Waals surface area contributed by atoms with Crippen LogP contribution in [0.2, 0.25) is 0 Å². The normalized spacial score (nSPS) is 11.0. The number of aromatic nitrogens is 2. The number of benzene rings is 2. The van der Waals surface area contributed by atoms with Crippen LogP contribution in [-0.4, -0.2) is 10.2 Å². The molecule has 0 bridgehead atoms. The Bertz CT molecular complexity index is 775. The van der Waals surface area contributed by atoms with Gasteiger partial charge in [0.15, 0.2) is 0 Å². The molecule has 2 nitrogen and oxygen atoms in total. The van der Waals surface area contributed by atoms with Crippen LogP contribution in [0.15, 0.2) is 48.5 Å². The van der Waals surface area contributed by atoms with Crippen molar-refractivity contribution in [3.63, 3.8) is 0 Å². The maximum atomic E-state index is 4.55. The first kappa shape index (κ1) is 15.7. The number of fused-ring (bicyclic) bond motifs is 1. The Balaban J connectivity index is 1.92. The maximum Gasteiger partial charge on any atom is 0.0753 e. The molecule has 1 heterocycles. The second-order valence-electron chi connectivity index (χ2n) is 6.26. The number of unbranched alkanes of at least 4 members (excludes halogenated alkanes) is 2. The van der Waals surface area contributed by atoms with Crippen LogP contribution in [-0.2, 0) is 12.8 Å². The molecule has 0 fully saturated rings. The van der Waals surface area contributed by atoms with Crippen molar-refractivity contribution in [2.24, 2.45) is 0 Å². The monoisotopic (exact) mass is 304 g/mol. The summed E-state index contributed by atoms with van der Waals surface area (Å²) in [5, 5.41) is 11.6. The number of nitrogens with zero attached hydrogens (tertiary/aromatic N) is 2. The minimum absolute atomic E-state index is 0.836. The second-order valence-corrected chi connectivity index (χ2v) is 6.26. The van der Waals surface area contributed by atoms with Crippen molar-refractivity contribution in [2.75, 3.05) is 0 Å². The van der Waals surface area contributed by atoms with E-state index in [1.807, 2.05) is 0 Å². The van der Waals surface area contributed by atoms with E-state index >= 15 is 0 Å². The molecule has 23 heavy (non-hydrogen) atoms. The van der Waals surface area contributed by atoms with Crippen LogP contribution < -0.4 is 0 Å². The lowest BCUT2D eigenvalue weighted by molar-refractivity contribution is 0.701. The van der Waals surface area contributed by atoms with E-state index in [2.05, 4.69) is 72.6 Å². The third-order valence-electron chi connectivity index (χ3n) is 4.35. The third kappa shape index (κ3) is 3.76. The molecule has 0 amide bonds. The minimum atomic E-state index is 0.836. The van der Waals surface area contributed by atoms with Crippen LogP contribution in [0.4, 0.5) is 0 Å². The van der Waals surface area contributed by atoms with Crippen LogP contribution in [0.5, 0.6) is 0 Å². The predicted octanol–water partition coefficient (Wildman–Crippen LogP) is 5.26. The average Bonchev–Trinajstić information content (AvgIpc) is 2.59. The van der Waals surface area contributed by atoms with E-state index in [9.17, 15) is 0 Å². The first-order chi connectivity index (χ1) is 11.3. The van der Waals surface area contributed by atoms with E-state index in [0.29, 0.717) is 0 Å². The van der Waals surface area contributed by atoms with E-state index < -0.39 is 0 Å². The van der Waals surface area contributed by atoms with E-state index in [1.165, 1.54) is 41.2 Å². The van der Waals surface area contributed by atoms with Crippen LogP contribution in [0, 0.1) is 6.92 Å². The van der Waals surface area contributed by atoms with Crippen molar-refractivity contribution >= 4 is 10.8 Å². The summed E-state index contributed by atoms with van der Waals surface area (Å²) >= 11 is 0. The summed E-state index contributed by atoms with van der Waals surface area (Å²) in [6, 6.07) is 17.2.